The highest BCUT2D eigenvalue weighted by molar-refractivity contribution is 5.92. The largest absolute Gasteiger partial charge is 0.337 e. The molecule has 0 radical (unpaired) electrons. The number of aromatic nitrogens is 2. The molecule has 0 unspecified atom stereocenters. The van der Waals surface area contributed by atoms with Gasteiger partial charge in [0.25, 0.3) is 5.91 Å². The Kier molecular flexibility index (Phi) is 2.99. The molecule has 1 aromatic heterocycles. The van der Waals surface area contributed by atoms with Crippen LogP contribution in [0.25, 0.3) is 0 Å². The van der Waals surface area contributed by atoms with Crippen molar-refractivity contribution in [3.8, 4) is 0 Å². The number of piperidine rings is 1. The highest BCUT2D eigenvalue weighted by Crippen LogP contribution is 2.38. The molecule has 1 aromatic rings. The summed E-state index contributed by atoms with van der Waals surface area (Å²) in [4.78, 5) is 22.3. The molecular formula is C13H18N4O. The van der Waals surface area contributed by atoms with Crippen LogP contribution < -0.4 is 5.32 Å². The van der Waals surface area contributed by atoms with E-state index < -0.39 is 0 Å². The second-order valence-corrected chi connectivity index (χ2v) is 5.32. The second-order valence-electron chi connectivity index (χ2n) is 5.32. The molecule has 0 bridgehead atoms. The Balaban J connectivity index is 1.70. The number of nitrogens with zero attached hydrogens (tertiary/aromatic N) is 3. The predicted octanol–water partition coefficient (Wildman–Crippen LogP) is 0.692. The fourth-order valence-electron chi connectivity index (χ4n) is 3.05. The lowest BCUT2D eigenvalue weighted by atomic mass is 9.78. The minimum Gasteiger partial charge on any atom is -0.337 e. The molecule has 0 saturated carbocycles. The molecule has 0 atom stereocenters. The molecule has 5 nitrogen and oxygen atoms in total. The number of carbonyl (C=O) groups excluding carboxylic acids is 1. The maximum absolute atomic E-state index is 12.3. The fraction of sp³-hybridized carbons (Fsp3) is 0.615. The van der Waals surface area contributed by atoms with Crippen LogP contribution in [0.5, 0.6) is 0 Å². The summed E-state index contributed by atoms with van der Waals surface area (Å²) in [6.45, 7) is 3.89. The van der Waals surface area contributed by atoms with E-state index >= 15 is 0 Å². The number of likely N-dealkylation sites (tertiary alicyclic amines) is 1. The summed E-state index contributed by atoms with van der Waals surface area (Å²) in [5, 5.41) is 3.39. The molecule has 5 heteroatoms. The van der Waals surface area contributed by atoms with E-state index in [1.807, 2.05) is 4.90 Å². The Hall–Kier alpha value is -1.49. The first-order chi connectivity index (χ1) is 8.79. The van der Waals surface area contributed by atoms with E-state index in [9.17, 15) is 4.79 Å². The third-order valence-corrected chi connectivity index (χ3v) is 4.17. The zero-order valence-corrected chi connectivity index (χ0v) is 10.4. The smallest absolute Gasteiger partial charge is 0.274 e. The molecule has 2 fully saturated rings. The predicted molar refractivity (Wildman–Crippen MR) is 67.1 cm³/mol. The summed E-state index contributed by atoms with van der Waals surface area (Å²) in [6, 6.07) is 0. The Labute approximate surface area is 107 Å². The van der Waals surface area contributed by atoms with Gasteiger partial charge in [0.15, 0.2) is 0 Å². The third kappa shape index (κ3) is 2.10. The van der Waals surface area contributed by atoms with Gasteiger partial charge in [0, 0.05) is 25.5 Å². The van der Waals surface area contributed by atoms with Crippen LogP contribution in [0.3, 0.4) is 0 Å². The molecule has 1 amide bonds. The van der Waals surface area contributed by atoms with Crippen molar-refractivity contribution in [2.24, 2.45) is 5.41 Å². The number of carbonyl (C=O) groups is 1. The number of hydrogen-bond acceptors (Lipinski definition) is 4. The molecule has 0 aliphatic carbocycles. The Morgan fingerprint density at radius 1 is 1.28 bits per heavy atom. The monoisotopic (exact) mass is 246 g/mol. The van der Waals surface area contributed by atoms with Crippen LogP contribution in [0.15, 0.2) is 18.6 Å². The van der Waals surface area contributed by atoms with E-state index in [4.69, 9.17) is 0 Å². The van der Waals surface area contributed by atoms with Crippen molar-refractivity contribution in [3.05, 3.63) is 24.3 Å². The normalized spacial score (nSPS) is 22.3. The Bertz CT molecular complexity index is 428. The molecule has 1 spiro atoms. The quantitative estimate of drug-likeness (QED) is 0.792. The van der Waals surface area contributed by atoms with Gasteiger partial charge in [-0.15, -0.1) is 0 Å². The van der Waals surface area contributed by atoms with Crippen LogP contribution >= 0.6 is 0 Å². The minimum atomic E-state index is 0.0264. The van der Waals surface area contributed by atoms with E-state index in [-0.39, 0.29) is 5.91 Å². The molecule has 1 N–H and O–H groups in total. The van der Waals surface area contributed by atoms with E-state index in [0.717, 1.165) is 32.6 Å². The van der Waals surface area contributed by atoms with Crippen LogP contribution in [0.4, 0.5) is 0 Å². The summed E-state index contributed by atoms with van der Waals surface area (Å²) >= 11 is 0. The molecule has 96 valence electrons. The van der Waals surface area contributed by atoms with Gasteiger partial charge in [0.2, 0.25) is 0 Å². The fourth-order valence-corrected chi connectivity index (χ4v) is 3.05. The zero-order valence-electron chi connectivity index (χ0n) is 10.4. The Morgan fingerprint density at radius 2 is 2.11 bits per heavy atom. The molecular weight excluding hydrogens is 228 g/mol. The van der Waals surface area contributed by atoms with Gasteiger partial charge in [0.05, 0.1) is 6.20 Å². The number of nitrogens with one attached hydrogen (secondary N) is 1. The van der Waals surface area contributed by atoms with Gasteiger partial charge >= 0.3 is 0 Å². The number of rotatable bonds is 1. The summed E-state index contributed by atoms with van der Waals surface area (Å²) < 4.78 is 0. The van der Waals surface area contributed by atoms with Gasteiger partial charge in [-0.25, -0.2) is 4.98 Å². The van der Waals surface area contributed by atoms with Crippen LogP contribution in [0.2, 0.25) is 0 Å². The standard InChI is InChI=1S/C13H18N4O/c18-12(11-9-15-6-7-16-11)17-8-3-13(10-17)1-4-14-5-2-13/h6-7,9,14H,1-5,8,10H2. The van der Waals surface area contributed by atoms with Gasteiger partial charge in [-0.1, -0.05) is 0 Å². The van der Waals surface area contributed by atoms with Gasteiger partial charge in [0.1, 0.15) is 5.69 Å². The first kappa shape index (κ1) is 11.6. The first-order valence-electron chi connectivity index (χ1n) is 6.55. The van der Waals surface area contributed by atoms with E-state index in [2.05, 4.69) is 15.3 Å². The SMILES string of the molecule is O=C(c1cnccn1)N1CCC2(CCNCC2)C1. The molecule has 0 aromatic carbocycles. The highest BCUT2D eigenvalue weighted by atomic mass is 16.2. The molecule has 18 heavy (non-hydrogen) atoms. The van der Waals surface area contributed by atoms with Gasteiger partial charge < -0.3 is 10.2 Å². The van der Waals surface area contributed by atoms with Crippen molar-refractivity contribution in [1.29, 1.82) is 0 Å². The van der Waals surface area contributed by atoms with Gasteiger partial charge in [-0.05, 0) is 37.8 Å². The molecule has 2 saturated heterocycles. The molecule has 3 heterocycles. The van der Waals surface area contributed by atoms with Crippen LogP contribution in [0, 0.1) is 5.41 Å². The van der Waals surface area contributed by atoms with E-state index in [1.165, 1.54) is 12.8 Å². The van der Waals surface area contributed by atoms with Crippen molar-refractivity contribution in [3.63, 3.8) is 0 Å². The van der Waals surface area contributed by atoms with E-state index in [1.54, 1.807) is 18.6 Å². The lowest BCUT2D eigenvalue weighted by Gasteiger charge is -2.33. The van der Waals surface area contributed by atoms with Crippen LogP contribution in [0.1, 0.15) is 29.8 Å². The van der Waals surface area contributed by atoms with Crippen LogP contribution in [-0.4, -0.2) is 47.0 Å². The third-order valence-electron chi connectivity index (χ3n) is 4.17. The molecule has 2 aliphatic rings. The average molecular weight is 246 g/mol. The van der Waals surface area contributed by atoms with Crippen molar-refractivity contribution >= 4 is 5.91 Å². The first-order valence-corrected chi connectivity index (χ1v) is 6.55. The van der Waals surface area contributed by atoms with Crippen molar-refractivity contribution in [2.45, 2.75) is 19.3 Å². The molecule has 3 rings (SSSR count). The number of hydrogen-bond donors (Lipinski definition) is 1. The molecule has 2 aliphatic heterocycles. The maximum Gasteiger partial charge on any atom is 0.274 e. The van der Waals surface area contributed by atoms with Crippen molar-refractivity contribution < 1.29 is 4.79 Å². The lowest BCUT2D eigenvalue weighted by Crippen LogP contribution is -2.39. The number of amides is 1. The summed E-state index contributed by atoms with van der Waals surface area (Å²) in [6.07, 6.45) is 8.20. The van der Waals surface area contributed by atoms with Gasteiger partial charge in [-0.2, -0.15) is 0 Å². The van der Waals surface area contributed by atoms with Gasteiger partial charge in [-0.3, -0.25) is 9.78 Å². The average Bonchev–Trinajstić information content (AvgIpc) is 2.83. The Morgan fingerprint density at radius 3 is 2.83 bits per heavy atom. The lowest BCUT2D eigenvalue weighted by molar-refractivity contribution is 0.0755. The van der Waals surface area contributed by atoms with E-state index in [0.29, 0.717) is 11.1 Å². The van der Waals surface area contributed by atoms with Crippen LogP contribution in [-0.2, 0) is 0 Å². The highest BCUT2D eigenvalue weighted by Gasteiger charge is 2.40. The summed E-state index contributed by atoms with van der Waals surface area (Å²) in [5.74, 6) is 0.0264. The zero-order chi connectivity index (χ0) is 12.4. The van der Waals surface area contributed by atoms with Crippen molar-refractivity contribution in [1.82, 2.24) is 20.2 Å². The summed E-state index contributed by atoms with van der Waals surface area (Å²) in [5.41, 5.74) is 0.812. The minimum absolute atomic E-state index is 0.0264. The summed E-state index contributed by atoms with van der Waals surface area (Å²) in [7, 11) is 0. The van der Waals surface area contributed by atoms with Crippen molar-refractivity contribution in [2.75, 3.05) is 26.2 Å². The second kappa shape index (κ2) is 4.65. The maximum atomic E-state index is 12.3. The topological polar surface area (TPSA) is 58.1 Å².